The third kappa shape index (κ3) is 4.91. The summed E-state index contributed by atoms with van der Waals surface area (Å²) >= 11 is 3.78. The van der Waals surface area contributed by atoms with Crippen LogP contribution in [0.25, 0.3) is 33.4 Å². The quantitative estimate of drug-likeness (QED) is 0.199. The Morgan fingerprint density at radius 2 is 0.868 bits per heavy atom. The molecule has 2 heteroatoms. The molecule has 0 aromatic heterocycles. The molecule has 6 aromatic rings. The molecule has 6 rings (SSSR count). The first-order valence-corrected chi connectivity index (χ1v) is 13.5. The lowest BCUT2D eigenvalue weighted by atomic mass is 9.98. The van der Waals surface area contributed by atoms with Gasteiger partial charge in [-0.25, -0.2) is 0 Å². The molecular weight excluding hydrogens is 526 g/mol. The van der Waals surface area contributed by atoms with E-state index in [9.17, 15) is 0 Å². The predicted octanol–water partition coefficient (Wildman–Crippen LogP) is 10.9. The van der Waals surface area contributed by atoms with Crippen LogP contribution in [-0.4, -0.2) is 0 Å². The van der Waals surface area contributed by atoms with Crippen molar-refractivity contribution in [3.63, 3.8) is 0 Å². The molecule has 0 aliphatic heterocycles. The maximum absolute atomic E-state index is 3.78. The van der Waals surface area contributed by atoms with E-state index in [1.807, 2.05) is 0 Å². The van der Waals surface area contributed by atoms with Gasteiger partial charge in [-0.05, 0) is 70.3 Å². The summed E-state index contributed by atoms with van der Waals surface area (Å²) in [5.41, 5.74) is 10.5. The van der Waals surface area contributed by atoms with Crippen LogP contribution in [0.4, 0.5) is 17.1 Å². The molecule has 0 heterocycles. The molecule has 0 N–H and O–H groups in total. The Bertz CT molecular complexity index is 1680. The van der Waals surface area contributed by atoms with E-state index >= 15 is 0 Å². The van der Waals surface area contributed by atoms with Gasteiger partial charge in [0.1, 0.15) is 0 Å². The van der Waals surface area contributed by atoms with Crippen molar-refractivity contribution < 1.29 is 0 Å². The largest absolute Gasteiger partial charge is 0.310 e. The summed E-state index contributed by atoms with van der Waals surface area (Å²) in [6.45, 7) is 0. The Balaban J connectivity index is 1.49. The van der Waals surface area contributed by atoms with Crippen molar-refractivity contribution in [1.82, 2.24) is 0 Å². The van der Waals surface area contributed by atoms with Gasteiger partial charge >= 0.3 is 0 Å². The van der Waals surface area contributed by atoms with Crippen molar-refractivity contribution in [2.24, 2.45) is 0 Å². The van der Waals surface area contributed by atoms with Crippen molar-refractivity contribution in [3.8, 4) is 33.4 Å². The van der Waals surface area contributed by atoms with Gasteiger partial charge in [-0.1, -0.05) is 131 Å². The zero-order valence-electron chi connectivity index (χ0n) is 20.8. The molecule has 0 aliphatic carbocycles. The second-order valence-electron chi connectivity index (χ2n) is 9.17. The van der Waals surface area contributed by atoms with Crippen molar-refractivity contribution in [3.05, 3.63) is 162 Å². The predicted molar refractivity (Wildman–Crippen MR) is 165 cm³/mol. The summed E-state index contributed by atoms with van der Waals surface area (Å²) in [6, 6.07) is 55.7. The number of para-hydroxylation sites is 2. The monoisotopic (exact) mass is 551 g/mol. The van der Waals surface area contributed by atoms with Crippen molar-refractivity contribution in [2.45, 2.75) is 0 Å². The van der Waals surface area contributed by atoms with Gasteiger partial charge in [-0.2, -0.15) is 0 Å². The fourth-order valence-corrected chi connectivity index (χ4v) is 5.41. The highest BCUT2D eigenvalue weighted by Gasteiger charge is 2.18. The van der Waals surface area contributed by atoms with Gasteiger partial charge in [0, 0.05) is 21.4 Å². The molecule has 0 saturated carbocycles. The Hall–Kier alpha value is -4.40. The third-order valence-corrected chi connectivity index (χ3v) is 7.42. The first-order chi connectivity index (χ1) is 18.8. The lowest BCUT2D eigenvalue weighted by Gasteiger charge is -2.28. The molecule has 38 heavy (non-hydrogen) atoms. The number of hydrogen-bond donors (Lipinski definition) is 0. The summed E-state index contributed by atoms with van der Waals surface area (Å²) in [6.07, 6.45) is 0. The Morgan fingerprint density at radius 1 is 0.368 bits per heavy atom. The smallest absolute Gasteiger partial charge is 0.0540 e. The van der Waals surface area contributed by atoms with E-state index < -0.39 is 0 Å². The molecule has 182 valence electrons. The van der Waals surface area contributed by atoms with Crippen LogP contribution >= 0.6 is 15.9 Å². The van der Waals surface area contributed by atoms with E-state index in [4.69, 9.17) is 0 Å². The van der Waals surface area contributed by atoms with Gasteiger partial charge in [0.2, 0.25) is 0 Å². The molecule has 0 bridgehead atoms. The van der Waals surface area contributed by atoms with Gasteiger partial charge in [0.15, 0.2) is 0 Å². The van der Waals surface area contributed by atoms with Crippen LogP contribution < -0.4 is 4.90 Å². The molecule has 6 aromatic carbocycles. The first-order valence-electron chi connectivity index (χ1n) is 12.7. The number of hydrogen-bond acceptors (Lipinski definition) is 1. The van der Waals surface area contributed by atoms with Crippen LogP contribution in [0.2, 0.25) is 0 Å². The topological polar surface area (TPSA) is 3.24 Å². The molecule has 1 nitrogen and oxygen atoms in total. The maximum atomic E-state index is 3.78. The standard InChI is InChI=1S/C36H26BrN/c37-35-23-9-7-21-33(35)34-22-8-10-24-36(34)38(31-18-5-2-6-19-31)32-20-12-17-30(26-32)29-16-11-15-28(25-29)27-13-3-1-4-14-27/h1-26H. The van der Waals surface area contributed by atoms with Crippen LogP contribution in [0, 0.1) is 0 Å². The summed E-state index contributed by atoms with van der Waals surface area (Å²) in [5.74, 6) is 0. The van der Waals surface area contributed by atoms with Gasteiger partial charge in [-0.3, -0.25) is 0 Å². The average Bonchev–Trinajstić information content (AvgIpc) is 2.99. The summed E-state index contributed by atoms with van der Waals surface area (Å²) < 4.78 is 1.08. The average molecular weight is 553 g/mol. The second kappa shape index (κ2) is 10.9. The van der Waals surface area contributed by atoms with Crippen molar-refractivity contribution >= 4 is 33.0 Å². The number of nitrogens with zero attached hydrogens (tertiary/aromatic N) is 1. The Kier molecular flexibility index (Phi) is 6.89. The van der Waals surface area contributed by atoms with Gasteiger partial charge in [-0.15, -0.1) is 0 Å². The van der Waals surface area contributed by atoms with Crippen LogP contribution in [0.5, 0.6) is 0 Å². The molecule has 0 radical (unpaired) electrons. The van der Waals surface area contributed by atoms with Crippen LogP contribution in [0.3, 0.4) is 0 Å². The second-order valence-corrected chi connectivity index (χ2v) is 10.0. The van der Waals surface area contributed by atoms with Crippen LogP contribution in [-0.2, 0) is 0 Å². The highest BCUT2D eigenvalue weighted by molar-refractivity contribution is 9.10. The summed E-state index contributed by atoms with van der Waals surface area (Å²) in [5, 5.41) is 0. The number of rotatable bonds is 6. The fourth-order valence-electron chi connectivity index (χ4n) is 4.91. The number of halogens is 1. The number of benzene rings is 6. The van der Waals surface area contributed by atoms with Crippen LogP contribution in [0.1, 0.15) is 0 Å². The zero-order chi connectivity index (χ0) is 25.7. The molecule has 0 saturated heterocycles. The minimum Gasteiger partial charge on any atom is -0.310 e. The molecule has 0 amide bonds. The molecule has 0 spiro atoms. The van der Waals surface area contributed by atoms with Gasteiger partial charge < -0.3 is 4.90 Å². The third-order valence-electron chi connectivity index (χ3n) is 6.73. The molecule has 0 unspecified atom stereocenters. The Morgan fingerprint density at radius 3 is 1.61 bits per heavy atom. The van der Waals surface area contributed by atoms with Gasteiger partial charge in [0.25, 0.3) is 0 Å². The van der Waals surface area contributed by atoms with E-state index in [1.165, 1.54) is 27.8 Å². The van der Waals surface area contributed by atoms with E-state index in [1.54, 1.807) is 0 Å². The summed E-state index contributed by atoms with van der Waals surface area (Å²) in [7, 11) is 0. The summed E-state index contributed by atoms with van der Waals surface area (Å²) in [4.78, 5) is 2.35. The maximum Gasteiger partial charge on any atom is 0.0540 e. The Labute approximate surface area is 232 Å². The fraction of sp³-hybridized carbons (Fsp3) is 0. The van der Waals surface area contributed by atoms with Gasteiger partial charge in [0.05, 0.1) is 5.69 Å². The number of anilines is 3. The van der Waals surface area contributed by atoms with E-state index in [0.717, 1.165) is 27.1 Å². The van der Waals surface area contributed by atoms with Crippen LogP contribution in [0.15, 0.2) is 162 Å². The highest BCUT2D eigenvalue weighted by Crippen LogP contribution is 2.43. The van der Waals surface area contributed by atoms with Crippen molar-refractivity contribution in [2.75, 3.05) is 4.90 Å². The molecule has 0 atom stereocenters. The minimum atomic E-state index is 1.08. The first kappa shape index (κ1) is 24.0. The lowest BCUT2D eigenvalue weighted by Crippen LogP contribution is -2.11. The minimum absolute atomic E-state index is 1.08. The lowest BCUT2D eigenvalue weighted by molar-refractivity contribution is 1.28. The van der Waals surface area contributed by atoms with E-state index in [0.29, 0.717) is 0 Å². The molecule has 0 aliphatic rings. The normalized spacial score (nSPS) is 10.8. The molecule has 0 fully saturated rings. The molecular formula is C36H26BrN. The SMILES string of the molecule is Brc1ccccc1-c1ccccc1N(c1ccccc1)c1cccc(-c2cccc(-c3ccccc3)c2)c1. The van der Waals surface area contributed by atoms with Crippen molar-refractivity contribution in [1.29, 1.82) is 0 Å². The van der Waals surface area contributed by atoms with E-state index in [2.05, 4.69) is 179 Å². The van der Waals surface area contributed by atoms with E-state index in [-0.39, 0.29) is 0 Å². The highest BCUT2D eigenvalue weighted by atomic mass is 79.9. The zero-order valence-corrected chi connectivity index (χ0v) is 22.4.